The highest BCUT2D eigenvalue weighted by molar-refractivity contribution is 5.95. The second kappa shape index (κ2) is 9.39. The minimum atomic E-state index is -0.583. The smallest absolute Gasteiger partial charge is 0.251 e. The Balaban J connectivity index is 1.27. The molecule has 2 heterocycles. The molecule has 3 N–H and O–H groups in total. The number of fused-ring (bicyclic) bond motifs is 1. The maximum Gasteiger partial charge on any atom is 0.251 e. The third-order valence-electron chi connectivity index (χ3n) is 5.77. The normalized spacial score (nSPS) is 18.2. The van der Waals surface area contributed by atoms with Gasteiger partial charge in [0.05, 0.1) is 6.10 Å². The number of hydrogen-bond donors (Lipinski definition) is 3. The molecule has 154 valence electrons. The molecule has 0 saturated carbocycles. The molecule has 1 unspecified atom stereocenters. The van der Waals surface area contributed by atoms with Gasteiger partial charge in [-0.25, -0.2) is 0 Å². The molecule has 2 aliphatic heterocycles. The third kappa shape index (κ3) is 5.15. The summed E-state index contributed by atoms with van der Waals surface area (Å²) in [6.45, 7) is 6.44. The van der Waals surface area contributed by atoms with Crippen molar-refractivity contribution < 1.29 is 9.90 Å². The van der Waals surface area contributed by atoms with Gasteiger partial charge in [-0.3, -0.25) is 9.69 Å². The van der Waals surface area contributed by atoms with Crippen LogP contribution >= 0.6 is 0 Å². The van der Waals surface area contributed by atoms with Gasteiger partial charge in [-0.2, -0.15) is 0 Å². The van der Waals surface area contributed by atoms with E-state index in [1.807, 2.05) is 24.3 Å². The Kier molecular flexibility index (Phi) is 6.44. The maximum absolute atomic E-state index is 12.6. The standard InChI is InChI=1S/C23H30N4O2/c28-22(17-26-11-8-18-4-1-2-5-20(18)16-26)15-25-23(29)19-6-3-7-21(14-19)27-12-9-24-10-13-27/h1-7,14,22,24,28H,8-13,15-17H2,(H,25,29). The first-order valence-electron chi connectivity index (χ1n) is 10.5. The largest absolute Gasteiger partial charge is 0.390 e. The van der Waals surface area contributed by atoms with Crippen molar-refractivity contribution >= 4 is 11.6 Å². The van der Waals surface area contributed by atoms with Gasteiger partial charge in [0.15, 0.2) is 0 Å². The summed E-state index contributed by atoms with van der Waals surface area (Å²) in [7, 11) is 0. The van der Waals surface area contributed by atoms with Crippen LogP contribution in [0, 0.1) is 0 Å². The van der Waals surface area contributed by atoms with Gasteiger partial charge in [-0.15, -0.1) is 0 Å². The predicted molar refractivity (Wildman–Crippen MR) is 115 cm³/mol. The zero-order chi connectivity index (χ0) is 20.1. The molecule has 29 heavy (non-hydrogen) atoms. The number of aliphatic hydroxyl groups excluding tert-OH is 1. The van der Waals surface area contributed by atoms with Crippen molar-refractivity contribution in [2.24, 2.45) is 0 Å². The summed E-state index contributed by atoms with van der Waals surface area (Å²) in [4.78, 5) is 17.1. The Morgan fingerprint density at radius 3 is 2.69 bits per heavy atom. The highest BCUT2D eigenvalue weighted by atomic mass is 16.3. The molecule has 1 saturated heterocycles. The molecule has 0 spiro atoms. The first-order valence-corrected chi connectivity index (χ1v) is 10.5. The van der Waals surface area contributed by atoms with E-state index >= 15 is 0 Å². The van der Waals surface area contributed by atoms with E-state index in [2.05, 4.69) is 44.7 Å². The van der Waals surface area contributed by atoms with Gasteiger partial charge in [0, 0.05) is 63.6 Å². The Morgan fingerprint density at radius 2 is 1.86 bits per heavy atom. The molecule has 2 aliphatic rings. The van der Waals surface area contributed by atoms with E-state index in [1.165, 1.54) is 11.1 Å². The van der Waals surface area contributed by atoms with Crippen LogP contribution in [-0.2, 0) is 13.0 Å². The van der Waals surface area contributed by atoms with E-state index in [4.69, 9.17) is 0 Å². The van der Waals surface area contributed by atoms with Crippen LogP contribution in [-0.4, -0.2) is 67.8 Å². The first-order chi connectivity index (χ1) is 14.2. The molecular formula is C23H30N4O2. The van der Waals surface area contributed by atoms with E-state index in [9.17, 15) is 9.90 Å². The lowest BCUT2D eigenvalue weighted by atomic mass is 10.00. The van der Waals surface area contributed by atoms with Gasteiger partial charge in [0.1, 0.15) is 0 Å². The number of rotatable bonds is 6. The van der Waals surface area contributed by atoms with Gasteiger partial charge in [-0.05, 0) is 35.7 Å². The summed E-state index contributed by atoms with van der Waals surface area (Å²) >= 11 is 0. The van der Waals surface area contributed by atoms with Crippen LogP contribution in [0.4, 0.5) is 5.69 Å². The van der Waals surface area contributed by atoms with Gasteiger partial charge in [0.25, 0.3) is 5.91 Å². The van der Waals surface area contributed by atoms with Crippen molar-refractivity contribution in [2.75, 3.05) is 50.7 Å². The number of nitrogens with zero attached hydrogens (tertiary/aromatic N) is 2. The molecule has 4 rings (SSSR count). The van der Waals surface area contributed by atoms with E-state index < -0.39 is 6.10 Å². The molecule has 1 atom stereocenters. The summed E-state index contributed by atoms with van der Waals surface area (Å²) in [6.07, 6.45) is 0.425. The average Bonchev–Trinajstić information content (AvgIpc) is 2.78. The number of piperazine rings is 1. The zero-order valence-corrected chi connectivity index (χ0v) is 16.8. The second-order valence-corrected chi connectivity index (χ2v) is 7.91. The number of benzene rings is 2. The molecule has 0 bridgehead atoms. The number of β-amino-alcohol motifs (C(OH)–C–C–N with tert-alkyl or cyclic N) is 1. The van der Waals surface area contributed by atoms with Crippen LogP contribution in [0.2, 0.25) is 0 Å². The van der Waals surface area contributed by atoms with E-state index in [0.29, 0.717) is 12.1 Å². The average molecular weight is 395 g/mol. The van der Waals surface area contributed by atoms with Crippen molar-refractivity contribution in [1.29, 1.82) is 0 Å². The van der Waals surface area contributed by atoms with Crippen molar-refractivity contribution in [3.05, 3.63) is 65.2 Å². The fraction of sp³-hybridized carbons (Fsp3) is 0.435. The lowest BCUT2D eigenvalue weighted by molar-refractivity contribution is 0.0842. The third-order valence-corrected chi connectivity index (χ3v) is 5.77. The Hall–Kier alpha value is -2.41. The Bertz CT molecular complexity index is 835. The fourth-order valence-electron chi connectivity index (χ4n) is 4.15. The lowest BCUT2D eigenvalue weighted by Crippen LogP contribution is -2.43. The summed E-state index contributed by atoms with van der Waals surface area (Å²) in [5, 5.41) is 16.7. The number of anilines is 1. The van der Waals surface area contributed by atoms with Gasteiger partial charge < -0.3 is 20.6 Å². The van der Waals surface area contributed by atoms with Crippen LogP contribution in [0.1, 0.15) is 21.5 Å². The topological polar surface area (TPSA) is 67.8 Å². The summed E-state index contributed by atoms with van der Waals surface area (Å²) < 4.78 is 0. The number of amides is 1. The van der Waals surface area contributed by atoms with Crippen LogP contribution in [0.15, 0.2) is 48.5 Å². The van der Waals surface area contributed by atoms with Gasteiger partial charge in [-0.1, -0.05) is 30.3 Å². The number of nitrogens with one attached hydrogen (secondary N) is 2. The number of hydrogen-bond acceptors (Lipinski definition) is 5. The lowest BCUT2D eigenvalue weighted by Gasteiger charge is -2.30. The van der Waals surface area contributed by atoms with Crippen LogP contribution in [0.3, 0.4) is 0 Å². The van der Waals surface area contributed by atoms with E-state index in [0.717, 1.165) is 51.4 Å². The molecule has 0 aliphatic carbocycles. The van der Waals surface area contributed by atoms with E-state index in [1.54, 1.807) is 0 Å². The molecule has 1 amide bonds. The molecule has 6 heteroatoms. The highest BCUT2D eigenvalue weighted by Crippen LogP contribution is 2.19. The molecular weight excluding hydrogens is 364 g/mol. The molecule has 0 aromatic heterocycles. The summed E-state index contributed by atoms with van der Waals surface area (Å²) in [5.74, 6) is -0.134. The summed E-state index contributed by atoms with van der Waals surface area (Å²) in [5.41, 5.74) is 4.45. The van der Waals surface area contributed by atoms with Crippen molar-refractivity contribution in [2.45, 2.75) is 19.1 Å². The monoisotopic (exact) mass is 394 g/mol. The fourth-order valence-corrected chi connectivity index (χ4v) is 4.15. The van der Waals surface area contributed by atoms with Crippen LogP contribution < -0.4 is 15.5 Å². The number of aliphatic hydroxyl groups is 1. The number of carbonyl (C=O) groups excluding carboxylic acids is 1. The van der Waals surface area contributed by atoms with Gasteiger partial charge in [0.2, 0.25) is 0 Å². The Morgan fingerprint density at radius 1 is 1.07 bits per heavy atom. The molecule has 6 nitrogen and oxygen atoms in total. The maximum atomic E-state index is 12.6. The molecule has 1 fully saturated rings. The summed E-state index contributed by atoms with van der Waals surface area (Å²) in [6, 6.07) is 16.2. The molecule has 2 aromatic rings. The first kappa shape index (κ1) is 19.9. The minimum Gasteiger partial charge on any atom is -0.390 e. The quantitative estimate of drug-likeness (QED) is 0.688. The molecule has 2 aromatic carbocycles. The van der Waals surface area contributed by atoms with Crippen molar-refractivity contribution in [3.8, 4) is 0 Å². The molecule has 0 radical (unpaired) electrons. The predicted octanol–water partition coefficient (Wildman–Crippen LogP) is 1.25. The van der Waals surface area contributed by atoms with Crippen molar-refractivity contribution in [3.63, 3.8) is 0 Å². The van der Waals surface area contributed by atoms with Gasteiger partial charge >= 0.3 is 0 Å². The highest BCUT2D eigenvalue weighted by Gasteiger charge is 2.19. The van der Waals surface area contributed by atoms with Crippen molar-refractivity contribution in [1.82, 2.24) is 15.5 Å². The second-order valence-electron chi connectivity index (χ2n) is 7.91. The van der Waals surface area contributed by atoms with E-state index in [-0.39, 0.29) is 12.5 Å². The number of carbonyl (C=O) groups is 1. The van der Waals surface area contributed by atoms with Crippen LogP contribution in [0.25, 0.3) is 0 Å². The van der Waals surface area contributed by atoms with Crippen LogP contribution in [0.5, 0.6) is 0 Å². The zero-order valence-electron chi connectivity index (χ0n) is 16.8. The Labute approximate surface area is 172 Å². The SMILES string of the molecule is O=C(NCC(O)CN1CCc2ccccc2C1)c1cccc(N2CCNCC2)c1. The minimum absolute atomic E-state index is 0.134.